The molecule has 2 aromatic carbocycles. The van der Waals surface area contributed by atoms with Gasteiger partial charge in [0.1, 0.15) is 22.2 Å². The Hall–Kier alpha value is -3.05. The molecule has 2 heterocycles. The Kier molecular flexibility index (Phi) is 8.94. The average Bonchev–Trinajstić information content (AvgIpc) is 3.65. The summed E-state index contributed by atoms with van der Waals surface area (Å²) in [6.07, 6.45) is 4.51. The molecule has 2 fully saturated rings. The number of pyridine rings is 1. The van der Waals surface area contributed by atoms with Crippen molar-refractivity contribution >= 4 is 39.2 Å². The highest BCUT2D eigenvalue weighted by molar-refractivity contribution is 7.89. The predicted octanol–water partition coefficient (Wildman–Crippen LogP) is 5.10. The van der Waals surface area contributed by atoms with E-state index < -0.39 is 28.1 Å². The number of aromatic nitrogens is 1. The van der Waals surface area contributed by atoms with Crippen LogP contribution in [0.2, 0.25) is 10.0 Å². The summed E-state index contributed by atoms with van der Waals surface area (Å²) in [6.45, 7) is 0.738. The topological polar surface area (TPSA) is 109 Å². The van der Waals surface area contributed by atoms with Crippen molar-refractivity contribution in [1.29, 1.82) is 0 Å². The fraction of sp³-hybridized carbons (Fsp3) is 0.379. The highest BCUT2D eigenvalue weighted by atomic mass is 35.5. The number of sulfonamides is 1. The number of rotatable bonds is 11. The van der Waals surface area contributed by atoms with Crippen molar-refractivity contribution in [3.63, 3.8) is 0 Å². The second-order valence-corrected chi connectivity index (χ2v) is 12.9. The first-order valence-corrected chi connectivity index (χ1v) is 15.5. The van der Waals surface area contributed by atoms with E-state index >= 15 is 0 Å². The van der Waals surface area contributed by atoms with Crippen molar-refractivity contribution in [2.45, 2.75) is 49.1 Å². The highest BCUT2D eigenvalue weighted by Gasteiger charge is 2.41. The molecule has 2 atom stereocenters. The third-order valence-electron chi connectivity index (χ3n) is 7.26. The van der Waals surface area contributed by atoms with Crippen molar-refractivity contribution in [2.24, 2.45) is 5.92 Å². The van der Waals surface area contributed by atoms with Crippen LogP contribution in [0.15, 0.2) is 65.8 Å². The van der Waals surface area contributed by atoms with Crippen LogP contribution in [0.25, 0.3) is 0 Å². The lowest BCUT2D eigenvalue weighted by Crippen LogP contribution is -2.41. The maximum atomic E-state index is 13.7. The molecule has 41 heavy (non-hydrogen) atoms. The normalized spacial score (nSPS) is 18.2. The molecule has 0 amide bonds. The smallest absolute Gasteiger partial charge is 0.325 e. The monoisotopic (exact) mass is 620 g/mol. The maximum absolute atomic E-state index is 13.7. The number of esters is 1. The van der Waals surface area contributed by atoms with E-state index in [1.54, 1.807) is 43.5 Å². The van der Waals surface area contributed by atoms with E-state index in [0.717, 1.165) is 12.8 Å². The molecule has 9 nitrogen and oxygen atoms in total. The van der Waals surface area contributed by atoms with Gasteiger partial charge in [0, 0.05) is 18.5 Å². The Labute approximate surface area is 249 Å². The molecule has 12 heteroatoms. The molecule has 0 radical (unpaired) electrons. The van der Waals surface area contributed by atoms with E-state index in [-0.39, 0.29) is 27.9 Å². The van der Waals surface area contributed by atoms with E-state index in [4.69, 9.17) is 37.4 Å². The molecule has 5 rings (SSSR count). The van der Waals surface area contributed by atoms with Crippen molar-refractivity contribution in [3.05, 3.63) is 87.3 Å². The third-order valence-corrected chi connectivity index (χ3v) is 9.84. The number of methoxy groups -OCH3 is 1. The summed E-state index contributed by atoms with van der Waals surface area (Å²) < 4.78 is 46.0. The lowest BCUT2D eigenvalue weighted by molar-refractivity contribution is -0.605. The Bertz CT molecular complexity index is 1490. The number of benzene rings is 2. The van der Waals surface area contributed by atoms with Gasteiger partial charge in [-0.25, -0.2) is 8.42 Å². The van der Waals surface area contributed by atoms with E-state index in [2.05, 4.69) is 0 Å². The van der Waals surface area contributed by atoms with Gasteiger partial charge >= 0.3 is 5.97 Å². The minimum Gasteiger partial charge on any atom is -0.619 e. The fourth-order valence-corrected chi connectivity index (χ4v) is 7.11. The van der Waals surface area contributed by atoms with Gasteiger partial charge in [-0.1, -0.05) is 47.5 Å². The number of ether oxygens (including phenoxy) is 3. The Morgan fingerprint density at radius 3 is 2.44 bits per heavy atom. The molecule has 218 valence electrons. The Morgan fingerprint density at radius 2 is 1.78 bits per heavy atom. The second kappa shape index (κ2) is 12.4. The zero-order chi connectivity index (χ0) is 29.1. The van der Waals surface area contributed by atoms with E-state index in [0.29, 0.717) is 52.7 Å². The summed E-state index contributed by atoms with van der Waals surface area (Å²) in [5.74, 6) is 0.830. The minimum absolute atomic E-state index is 0.0385. The first kappa shape index (κ1) is 29.4. The van der Waals surface area contributed by atoms with Crippen molar-refractivity contribution in [1.82, 2.24) is 4.31 Å². The molecule has 0 N–H and O–H groups in total. The van der Waals surface area contributed by atoms with E-state index in [9.17, 15) is 18.4 Å². The molecule has 3 aromatic rings. The minimum atomic E-state index is -3.92. The zero-order valence-electron chi connectivity index (χ0n) is 22.4. The van der Waals surface area contributed by atoms with Crippen molar-refractivity contribution < 1.29 is 32.2 Å². The molecule has 1 aromatic heterocycles. The van der Waals surface area contributed by atoms with Crippen LogP contribution in [0.3, 0.4) is 0 Å². The standard InChI is InChI=1S/C29H30Cl2N2O7S/c1-38-26-12-11-20(14-28(26)39-18-19-9-10-19)27(15-22-23(30)16-32(35)17-24(22)31)40-29(34)25-8-5-13-33(25)41(36,37)21-6-3-2-4-7-21/h2-4,6-7,11-12,14,16-17,19,25,27H,5,8-10,13,15,18H2,1H3/t25-,27?/m0/s1. The summed E-state index contributed by atoms with van der Waals surface area (Å²) in [5, 5.41) is 12.1. The van der Waals surface area contributed by atoms with E-state index in [1.165, 1.54) is 28.8 Å². The van der Waals surface area contributed by atoms with Gasteiger partial charge in [0.05, 0.1) is 18.6 Å². The number of carbonyl (C=O) groups is 1. The SMILES string of the molecule is COc1ccc(C(Cc2c(Cl)c[n+]([O-])cc2Cl)OC(=O)[C@@H]2CCCN2S(=O)(=O)c2ccccc2)cc1OCC1CC1. The number of hydrogen-bond acceptors (Lipinski definition) is 7. The first-order chi connectivity index (χ1) is 19.7. The summed E-state index contributed by atoms with van der Waals surface area (Å²) in [7, 11) is -2.38. The molecule has 2 aliphatic rings. The summed E-state index contributed by atoms with van der Waals surface area (Å²) in [6, 6.07) is 12.2. The molecular weight excluding hydrogens is 591 g/mol. The fourth-order valence-electron chi connectivity index (χ4n) is 4.85. The van der Waals surface area contributed by atoms with E-state index in [1.807, 2.05) is 0 Å². The third kappa shape index (κ3) is 6.72. The van der Waals surface area contributed by atoms with Crippen LogP contribution in [0.4, 0.5) is 0 Å². The molecule has 1 aliphatic carbocycles. The van der Waals surface area contributed by atoms with Crippen LogP contribution >= 0.6 is 23.2 Å². The van der Waals surface area contributed by atoms with Crippen LogP contribution in [-0.2, 0) is 26.0 Å². The summed E-state index contributed by atoms with van der Waals surface area (Å²) in [5.41, 5.74) is 0.987. The number of nitrogens with zero attached hydrogens (tertiary/aromatic N) is 2. The Morgan fingerprint density at radius 1 is 1.07 bits per heavy atom. The molecule has 1 saturated carbocycles. The highest BCUT2D eigenvalue weighted by Crippen LogP contribution is 2.38. The quantitative estimate of drug-likeness (QED) is 0.166. The first-order valence-electron chi connectivity index (χ1n) is 13.3. The molecule has 1 saturated heterocycles. The van der Waals surface area contributed by atoms with Gasteiger partial charge in [-0.15, -0.1) is 0 Å². The molecule has 0 bridgehead atoms. The van der Waals surface area contributed by atoms with Gasteiger partial charge in [-0.3, -0.25) is 4.79 Å². The number of hydrogen-bond donors (Lipinski definition) is 0. The van der Waals surface area contributed by atoms with Crippen LogP contribution < -0.4 is 14.2 Å². The van der Waals surface area contributed by atoms with Gasteiger partial charge in [0.15, 0.2) is 23.9 Å². The maximum Gasteiger partial charge on any atom is 0.325 e. The number of carbonyl (C=O) groups excluding carboxylic acids is 1. The van der Waals surface area contributed by atoms with Gasteiger partial charge < -0.3 is 19.4 Å². The predicted molar refractivity (Wildman–Crippen MR) is 153 cm³/mol. The lowest BCUT2D eigenvalue weighted by atomic mass is 10.0. The van der Waals surface area contributed by atoms with Crippen LogP contribution in [0.1, 0.15) is 42.9 Å². The van der Waals surface area contributed by atoms with Crippen molar-refractivity contribution in [3.8, 4) is 11.5 Å². The zero-order valence-corrected chi connectivity index (χ0v) is 24.7. The van der Waals surface area contributed by atoms with Crippen LogP contribution in [0.5, 0.6) is 11.5 Å². The second-order valence-electron chi connectivity index (χ2n) is 10.2. The molecule has 1 unspecified atom stereocenters. The molecule has 0 spiro atoms. The van der Waals surface area contributed by atoms with Gasteiger partial charge in [-0.05, 0) is 61.4 Å². The molecule has 1 aliphatic heterocycles. The van der Waals surface area contributed by atoms with Crippen LogP contribution in [-0.4, -0.2) is 45.0 Å². The Balaban J connectivity index is 1.46. The van der Waals surface area contributed by atoms with Gasteiger partial charge in [0.25, 0.3) is 0 Å². The lowest BCUT2D eigenvalue weighted by Gasteiger charge is -2.26. The van der Waals surface area contributed by atoms with Gasteiger partial charge in [-0.2, -0.15) is 9.04 Å². The van der Waals surface area contributed by atoms with Crippen molar-refractivity contribution in [2.75, 3.05) is 20.3 Å². The van der Waals surface area contributed by atoms with Gasteiger partial charge in [0.2, 0.25) is 10.0 Å². The summed E-state index contributed by atoms with van der Waals surface area (Å²) >= 11 is 12.7. The number of halogens is 2. The average molecular weight is 622 g/mol. The largest absolute Gasteiger partial charge is 0.619 e. The van der Waals surface area contributed by atoms with Crippen LogP contribution in [0, 0.1) is 11.1 Å². The molecular formula is C29H30Cl2N2O7S. The summed E-state index contributed by atoms with van der Waals surface area (Å²) in [4.78, 5) is 13.8.